The van der Waals surface area contributed by atoms with E-state index in [4.69, 9.17) is 16.3 Å². The summed E-state index contributed by atoms with van der Waals surface area (Å²) in [7, 11) is 1.39. The monoisotopic (exact) mass is 346 g/mol. The summed E-state index contributed by atoms with van der Waals surface area (Å²) >= 11 is 8.76. The first-order valence-electron chi connectivity index (χ1n) is 5.25. The molecule has 0 N–H and O–H groups in total. The fourth-order valence-electron chi connectivity index (χ4n) is 1.56. The lowest BCUT2D eigenvalue weighted by molar-refractivity contribution is 0.386. The van der Waals surface area contributed by atoms with E-state index in [1.54, 1.807) is 6.07 Å². The molecule has 1 aromatic carbocycles. The van der Waals surface area contributed by atoms with E-state index in [1.807, 2.05) is 0 Å². The van der Waals surface area contributed by atoms with Gasteiger partial charge in [0.15, 0.2) is 16.7 Å². The number of nitrogens with zero attached hydrogens (tertiary/aromatic N) is 2. The normalized spacial score (nSPS) is 10.5. The number of aromatic nitrogens is 2. The fourth-order valence-corrected chi connectivity index (χ4v) is 2.02. The van der Waals surface area contributed by atoms with Gasteiger partial charge in [-0.05, 0) is 33.6 Å². The third-order valence-corrected chi connectivity index (χ3v) is 3.74. The second-order valence-electron chi connectivity index (χ2n) is 3.75. The molecular weight excluding hydrogens is 338 g/mol. The van der Waals surface area contributed by atoms with Crippen LogP contribution in [0, 0.1) is 5.82 Å². The first-order valence-corrected chi connectivity index (χ1v) is 6.43. The highest BCUT2D eigenvalue weighted by molar-refractivity contribution is 9.10. The van der Waals surface area contributed by atoms with Crippen molar-refractivity contribution >= 4 is 27.5 Å². The van der Waals surface area contributed by atoms with Gasteiger partial charge in [0.1, 0.15) is 4.47 Å². The molecule has 2 aromatic rings. The summed E-state index contributed by atoms with van der Waals surface area (Å²) < 4.78 is 19.9. The molecule has 19 heavy (non-hydrogen) atoms. The van der Waals surface area contributed by atoms with Crippen molar-refractivity contribution in [3.8, 4) is 5.75 Å². The molecule has 0 saturated heterocycles. The molecule has 0 saturated carbocycles. The molecule has 0 spiro atoms. The highest BCUT2D eigenvalue weighted by Gasteiger charge is 2.09. The molecule has 7 heteroatoms. The quantitative estimate of drug-likeness (QED) is 0.802. The van der Waals surface area contributed by atoms with Gasteiger partial charge in [-0.3, -0.25) is 9.36 Å². The summed E-state index contributed by atoms with van der Waals surface area (Å²) in [6.45, 7) is 0.197. The summed E-state index contributed by atoms with van der Waals surface area (Å²) in [5.74, 6) is -0.319. The SMILES string of the molecule is COc1ccc(Cn2cnc(Cl)c(Br)c2=O)cc1F. The molecule has 100 valence electrons. The predicted octanol–water partition coefficient (Wildman–Crippen LogP) is 2.86. The van der Waals surface area contributed by atoms with Crippen LogP contribution < -0.4 is 10.3 Å². The van der Waals surface area contributed by atoms with Gasteiger partial charge in [-0.2, -0.15) is 0 Å². The molecule has 0 fully saturated rings. The highest BCUT2D eigenvalue weighted by Crippen LogP contribution is 2.18. The summed E-state index contributed by atoms with van der Waals surface area (Å²) in [6.07, 6.45) is 1.32. The van der Waals surface area contributed by atoms with Gasteiger partial charge in [0.05, 0.1) is 20.0 Å². The molecule has 0 atom stereocenters. The minimum absolute atomic E-state index is 0.0992. The van der Waals surface area contributed by atoms with Crippen molar-refractivity contribution in [2.75, 3.05) is 7.11 Å². The number of benzene rings is 1. The maximum atomic E-state index is 13.5. The summed E-state index contributed by atoms with van der Waals surface area (Å²) in [6, 6.07) is 4.50. The molecule has 0 unspecified atom stereocenters. The number of rotatable bonds is 3. The summed E-state index contributed by atoms with van der Waals surface area (Å²) in [5, 5.41) is 0.0992. The predicted molar refractivity (Wildman–Crippen MR) is 73.3 cm³/mol. The number of halogens is 3. The van der Waals surface area contributed by atoms with Gasteiger partial charge in [0.25, 0.3) is 5.56 Å². The molecule has 0 aliphatic carbocycles. The van der Waals surface area contributed by atoms with Gasteiger partial charge in [0, 0.05) is 0 Å². The van der Waals surface area contributed by atoms with Gasteiger partial charge < -0.3 is 4.74 Å². The molecule has 0 radical (unpaired) electrons. The van der Waals surface area contributed by atoms with Crippen molar-refractivity contribution in [1.29, 1.82) is 0 Å². The van der Waals surface area contributed by atoms with E-state index in [-0.39, 0.29) is 27.5 Å². The molecule has 1 aromatic heterocycles. The van der Waals surface area contributed by atoms with Gasteiger partial charge in [-0.1, -0.05) is 17.7 Å². The molecule has 4 nitrogen and oxygen atoms in total. The Morgan fingerprint density at radius 1 is 1.53 bits per heavy atom. The zero-order valence-corrected chi connectivity index (χ0v) is 12.2. The third kappa shape index (κ3) is 2.96. The fraction of sp³-hybridized carbons (Fsp3) is 0.167. The molecule has 0 amide bonds. The lowest BCUT2D eigenvalue weighted by atomic mass is 10.2. The maximum Gasteiger partial charge on any atom is 0.269 e. The first-order chi connectivity index (χ1) is 9.02. The average Bonchev–Trinajstić information content (AvgIpc) is 2.40. The Morgan fingerprint density at radius 2 is 2.26 bits per heavy atom. The van der Waals surface area contributed by atoms with Crippen molar-refractivity contribution in [1.82, 2.24) is 9.55 Å². The highest BCUT2D eigenvalue weighted by atomic mass is 79.9. The van der Waals surface area contributed by atoms with E-state index in [9.17, 15) is 9.18 Å². The van der Waals surface area contributed by atoms with E-state index in [0.717, 1.165) is 0 Å². The topological polar surface area (TPSA) is 44.1 Å². The largest absolute Gasteiger partial charge is 0.494 e. The van der Waals surface area contributed by atoms with E-state index in [1.165, 1.54) is 30.1 Å². The second kappa shape index (κ2) is 5.71. The molecular formula is C12H9BrClFN2O2. The van der Waals surface area contributed by atoms with Crippen molar-refractivity contribution in [3.63, 3.8) is 0 Å². The maximum absolute atomic E-state index is 13.5. The Hall–Kier alpha value is -1.40. The third-order valence-electron chi connectivity index (χ3n) is 2.51. The standard InChI is InChI=1S/C12H9BrClFN2O2/c1-19-9-3-2-7(4-8(9)15)5-17-6-16-11(14)10(13)12(17)18/h2-4,6H,5H2,1H3. The zero-order valence-electron chi connectivity index (χ0n) is 9.86. The Morgan fingerprint density at radius 3 is 2.89 bits per heavy atom. The Balaban J connectivity index is 2.34. The molecule has 1 heterocycles. The Bertz CT molecular complexity index is 675. The Kier molecular flexibility index (Phi) is 4.21. The molecule has 0 bridgehead atoms. The summed E-state index contributed by atoms with van der Waals surface area (Å²) in [5.41, 5.74) is 0.299. The number of hydrogen-bond donors (Lipinski definition) is 0. The number of hydrogen-bond acceptors (Lipinski definition) is 3. The lowest BCUT2D eigenvalue weighted by Crippen LogP contribution is -2.21. The first kappa shape index (κ1) is 14.0. The number of methoxy groups -OCH3 is 1. The van der Waals surface area contributed by atoms with Crippen LogP contribution in [0.3, 0.4) is 0 Å². The van der Waals surface area contributed by atoms with Crippen molar-refractivity contribution < 1.29 is 9.13 Å². The molecule has 0 aliphatic heterocycles. The summed E-state index contributed by atoms with van der Waals surface area (Å²) in [4.78, 5) is 15.7. The van der Waals surface area contributed by atoms with E-state index in [2.05, 4.69) is 20.9 Å². The van der Waals surface area contributed by atoms with Crippen LogP contribution in [0.1, 0.15) is 5.56 Å². The van der Waals surface area contributed by atoms with E-state index in [0.29, 0.717) is 5.56 Å². The minimum Gasteiger partial charge on any atom is -0.494 e. The van der Waals surface area contributed by atoms with E-state index >= 15 is 0 Å². The average molecular weight is 348 g/mol. The lowest BCUT2D eigenvalue weighted by Gasteiger charge is -2.08. The van der Waals surface area contributed by atoms with Gasteiger partial charge in [-0.15, -0.1) is 0 Å². The van der Waals surface area contributed by atoms with Crippen LogP contribution in [0.25, 0.3) is 0 Å². The molecule has 2 rings (SSSR count). The van der Waals surface area contributed by atoms with Gasteiger partial charge >= 0.3 is 0 Å². The smallest absolute Gasteiger partial charge is 0.269 e. The number of ether oxygens (including phenoxy) is 1. The second-order valence-corrected chi connectivity index (χ2v) is 4.90. The van der Waals surface area contributed by atoms with Crippen LogP contribution >= 0.6 is 27.5 Å². The van der Waals surface area contributed by atoms with Crippen LogP contribution in [0.5, 0.6) is 5.75 Å². The molecule has 0 aliphatic rings. The van der Waals surface area contributed by atoms with Crippen molar-refractivity contribution in [2.24, 2.45) is 0 Å². The van der Waals surface area contributed by atoms with Crippen LogP contribution in [0.4, 0.5) is 4.39 Å². The minimum atomic E-state index is -0.478. The van der Waals surface area contributed by atoms with Crippen LogP contribution in [0.15, 0.2) is 33.8 Å². The van der Waals surface area contributed by atoms with Crippen molar-refractivity contribution in [2.45, 2.75) is 6.54 Å². The van der Waals surface area contributed by atoms with Crippen molar-refractivity contribution in [3.05, 3.63) is 55.9 Å². The zero-order chi connectivity index (χ0) is 14.0. The van der Waals surface area contributed by atoms with Crippen LogP contribution in [-0.2, 0) is 6.54 Å². The van der Waals surface area contributed by atoms with Gasteiger partial charge in [-0.25, -0.2) is 9.37 Å². The van der Waals surface area contributed by atoms with Crippen LogP contribution in [0.2, 0.25) is 5.15 Å². The van der Waals surface area contributed by atoms with Crippen LogP contribution in [-0.4, -0.2) is 16.7 Å². The Labute approximate surface area is 121 Å². The van der Waals surface area contributed by atoms with Gasteiger partial charge in [0.2, 0.25) is 0 Å². The van der Waals surface area contributed by atoms with E-state index < -0.39 is 5.82 Å².